The normalized spacial score (nSPS) is 13.0. The van der Waals surface area contributed by atoms with Gasteiger partial charge in [0, 0.05) is 26.7 Å². The monoisotopic (exact) mass is 482 g/mol. The van der Waals surface area contributed by atoms with Crippen LogP contribution in [0.5, 0.6) is 0 Å². The third-order valence-electron chi connectivity index (χ3n) is 3.35. The van der Waals surface area contributed by atoms with E-state index < -0.39 is 18.6 Å². The summed E-state index contributed by atoms with van der Waals surface area (Å²) >= 11 is 0. The fourth-order valence-electron chi connectivity index (χ4n) is 2.15. The van der Waals surface area contributed by atoms with E-state index in [0.29, 0.717) is 30.4 Å². The molecule has 10 heteroatoms. The first-order valence-corrected chi connectivity index (χ1v) is 8.17. The van der Waals surface area contributed by atoms with Crippen molar-refractivity contribution >= 4 is 35.8 Å². The van der Waals surface area contributed by atoms with Crippen LogP contribution >= 0.6 is 24.0 Å². The fraction of sp³-hybridized carbons (Fsp3) is 0.867. The van der Waals surface area contributed by atoms with Gasteiger partial charge in [-0.05, 0) is 25.7 Å². The summed E-state index contributed by atoms with van der Waals surface area (Å²) in [4.78, 5) is 16.3. The molecule has 0 saturated heterocycles. The number of rotatable bonds is 10. The molecule has 1 atom stereocenters. The standard InChI is InChI=1S/C15H29F3N4O2.HI/c1-4-6-12(7-8-23)9-20-14(19-5-2)21-10-13(24)22(3)11-15(16,17)18;/h12,23H,4-11H2,1-3H3,(H2,19,20,21);1H. The lowest BCUT2D eigenvalue weighted by Gasteiger charge is -2.20. The molecule has 0 aliphatic rings. The van der Waals surface area contributed by atoms with Crippen LogP contribution in [0.1, 0.15) is 33.1 Å². The van der Waals surface area contributed by atoms with Crippen molar-refractivity contribution in [3.63, 3.8) is 0 Å². The summed E-state index contributed by atoms with van der Waals surface area (Å²) in [6, 6.07) is 0. The second-order valence-corrected chi connectivity index (χ2v) is 5.61. The second-order valence-electron chi connectivity index (χ2n) is 5.61. The van der Waals surface area contributed by atoms with Gasteiger partial charge in [-0.1, -0.05) is 13.3 Å². The number of aliphatic hydroxyl groups is 1. The van der Waals surface area contributed by atoms with E-state index in [4.69, 9.17) is 5.11 Å². The van der Waals surface area contributed by atoms with Crippen LogP contribution in [0.25, 0.3) is 0 Å². The van der Waals surface area contributed by atoms with E-state index in [1.807, 2.05) is 6.92 Å². The Kier molecular flexibility index (Phi) is 15.2. The Morgan fingerprint density at radius 2 is 1.88 bits per heavy atom. The molecule has 0 aliphatic heterocycles. The van der Waals surface area contributed by atoms with E-state index in [2.05, 4.69) is 22.5 Å². The Morgan fingerprint density at radius 3 is 2.36 bits per heavy atom. The minimum atomic E-state index is -4.42. The highest BCUT2D eigenvalue weighted by atomic mass is 127. The second kappa shape index (κ2) is 14.4. The van der Waals surface area contributed by atoms with Crippen molar-refractivity contribution in [3.8, 4) is 0 Å². The van der Waals surface area contributed by atoms with Crippen LogP contribution in [-0.4, -0.2) is 67.9 Å². The summed E-state index contributed by atoms with van der Waals surface area (Å²) in [6.45, 7) is 3.50. The first-order valence-electron chi connectivity index (χ1n) is 8.17. The van der Waals surface area contributed by atoms with E-state index in [1.165, 1.54) is 0 Å². The highest BCUT2D eigenvalue weighted by molar-refractivity contribution is 14.0. The summed E-state index contributed by atoms with van der Waals surface area (Å²) < 4.78 is 36.8. The van der Waals surface area contributed by atoms with Gasteiger partial charge in [-0.2, -0.15) is 13.2 Å². The molecule has 0 aromatic carbocycles. The van der Waals surface area contributed by atoms with Gasteiger partial charge in [0.25, 0.3) is 0 Å². The van der Waals surface area contributed by atoms with Gasteiger partial charge in [-0.3, -0.25) is 4.79 Å². The van der Waals surface area contributed by atoms with Crippen molar-refractivity contribution in [2.45, 2.75) is 39.3 Å². The average molecular weight is 482 g/mol. The van der Waals surface area contributed by atoms with Gasteiger partial charge in [0.2, 0.25) is 5.91 Å². The number of nitrogens with one attached hydrogen (secondary N) is 2. The maximum absolute atomic E-state index is 12.3. The topological polar surface area (TPSA) is 77.0 Å². The van der Waals surface area contributed by atoms with Gasteiger partial charge in [0.05, 0.1) is 0 Å². The lowest BCUT2D eigenvalue weighted by molar-refractivity contribution is -0.157. The largest absolute Gasteiger partial charge is 0.406 e. The molecule has 1 amide bonds. The van der Waals surface area contributed by atoms with Crippen molar-refractivity contribution < 1.29 is 23.1 Å². The smallest absolute Gasteiger partial charge is 0.396 e. The Labute approximate surface area is 164 Å². The zero-order chi connectivity index (χ0) is 18.6. The fourth-order valence-corrected chi connectivity index (χ4v) is 2.15. The Bertz CT molecular complexity index is 389. The Morgan fingerprint density at radius 1 is 1.24 bits per heavy atom. The molecule has 6 nitrogen and oxygen atoms in total. The Hall–Kier alpha value is -0.780. The SMILES string of the molecule is CCCC(CCO)CNC(=NCC(=O)N(C)CC(F)(F)F)NCC.I. The van der Waals surface area contributed by atoms with E-state index in [1.54, 1.807) is 0 Å². The molecule has 0 aliphatic carbocycles. The third-order valence-corrected chi connectivity index (χ3v) is 3.35. The summed E-state index contributed by atoms with van der Waals surface area (Å²) in [5, 5.41) is 15.1. The number of likely N-dealkylation sites (N-methyl/N-ethyl adjacent to an activating group) is 1. The van der Waals surface area contributed by atoms with Crippen molar-refractivity contribution in [2.24, 2.45) is 10.9 Å². The van der Waals surface area contributed by atoms with Gasteiger partial charge >= 0.3 is 6.18 Å². The van der Waals surface area contributed by atoms with Crippen LogP contribution in [0.2, 0.25) is 0 Å². The molecule has 0 spiro atoms. The number of aliphatic hydroxyl groups excluding tert-OH is 1. The summed E-state index contributed by atoms with van der Waals surface area (Å²) in [5.74, 6) is -0.0530. The predicted molar refractivity (Wildman–Crippen MR) is 103 cm³/mol. The van der Waals surface area contributed by atoms with E-state index in [0.717, 1.165) is 19.9 Å². The van der Waals surface area contributed by atoms with Crippen molar-refractivity contribution in [3.05, 3.63) is 0 Å². The van der Waals surface area contributed by atoms with E-state index in [-0.39, 0.29) is 43.0 Å². The Balaban J connectivity index is 0. The number of guanidine groups is 1. The first kappa shape index (κ1) is 26.4. The average Bonchev–Trinajstić information content (AvgIpc) is 2.48. The van der Waals surface area contributed by atoms with Crippen molar-refractivity contribution in [1.82, 2.24) is 15.5 Å². The summed E-state index contributed by atoms with van der Waals surface area (Å²) in [6.07, 6.45) is -1.83. The van der Waals surface area contributed by atoms with Crippen LogP contribution in [0.15, 0.2) is 4.99 Å². The number of hydrogen-bond donors (Lipinski definition) is 3. The van der Waals surface area contributed by atoms with Crippen LogP contribution in [0, 0.1) is 5.92 Å². The predicted octanol–water partition coefficient (Wildman–Crippen LogP) is 1.98. The van der Waals surface area contributed by atoms with E-state index in [9.17, 15) is 18.0 Å². The van der Waals surface area contributed by atoms with Crippen LogP contribution in [-0.2, 0) is 4.79 Å². The number of aliphatic imine (C=N–C) groups is 1. The molecule has 0 saturated carbocycles. The minimum Gasteiger partial charge on any atom is -0.396 e. The number of nitrogens with zero attached hydrogens (tertiary/aromatic N) is 2. The zero-order valence-electron chi connectivity index (χ0n) is 15.0. The molecule has 150 valence electrons. The van der Waals surface area contributed by atoms with Gasteiger partial charge in [-0.25, -0.2) is 4.99 Å². The van der Waals surface area contributed by atoms with Crippen LogP contribution in [0.3, 0.4) is 0 Å². The molecule has 0 fully saturated rings. The molecular weight excluding hydrogens is 452 g/mol. The molecule has 0 aromatic heterocycles. The highest BCUT2D eigenvalue weighted by Crippen LogP contribution is 2.15. The highest BCUT2D eigenvalue weighted by Gasteiger charge is 2.31. The number of amides is 1. The molecule has 0 bridgehead atoms. The molecule has 0 radical (unpaired) electrons. The van der Waals surface area contributed by atoms with Gasteiger partial charge in [0.1, 0.15) is 13.1 Å². The number of hydrogen-bond acceptors (Lipinski definition) is 3. The van der Waals surface area contributed by atoms with Crippen molar-refractivity contribution in [1.29, 1.82) is 0 Å². The van der Waals surface area contributed by atoms with Gasteiger partial charge < -0.3 is 20.6 Å². The maximum Gasteiger partial charge on any atom is 0.406 e. The van der Waals surface area contributed by atoms with Crippen LogP contribution < -0.4 is 10.6 Å². The zero-order valence-corrected chi connectivity index (χ0v) is 17.4. The molecule has 3 N–H and O–H groups in total. The first-order chi connectivity index (χ1) is 11.2. The van der Waals surface area contributed by atoms with Crippen LogP contribution in [0.4, 0.5) is 13.2 Å². The maximum atomic E-state index is 12.3. The summed E-state index contributed by atoms with van der Waals surface area (Å²) in [7, 11) is 1.10. The molecule has 0 aromatic rings. The summed E-state index contributed by atoms with van der Waals surface area (Å²) in [5.41, 5.74) is 0. The molecular formula is C15H30F3IN4O2. The lowest BCUT2D eigenvalue weighted by Crippen LogP contribution is -2.41. The molecule has 0 heterocycles. The number of alkyl halides is 3. The molecule has 25 heavy (non-hydrogen) atoms. The quantitative estimate of drug-likeness (QED) is 0.253. The number of halogens is 4. The molecule has 1 unspecified atom stereocenters. The lowest BCUT2D eigenvalue weighted by atomic mass is 10.0. The van der Waals surface area contributed by atoms with Gasteiger partial charge in [0.15, 0.2) is 5.96 Å². The van der Waals surface area contributed by atoms with Crippen molar-refractivity contribution in [2.75, 3.05) is 39.8 Å². The number of carbonyl (C=O) groups is 1. The molecule has 0 rings (SSSR count). The number of carbonyl (C=O) groups excluding carboxylic acids is 1. The van der Waals surface area contributed by atoms with E-state index >= 15 is 0 Å². The van der Waals surface area contributed by atoms with Gasteiger partial charge in [-0.15, -0.1) is 24.0 Å². The third kappa shape index (κ3) is 14.1. The minimum absolute atomic E-state index is 0.